The van der Waals surface area contributed by atoms with Crippen LogP contribution in [0.3, 0.4) is 0 Å². The highest BCUT2D eigenvalue weighted by atomic mass is 32.1. The highest BCUT2D eigenvalue weighted by Crippen LogP contribution is 2.14. The Balaban J connectivity index is 1.76. The molecule has 0 spiro atoms. The third-order valence-electron chi connectivity index (χ3n) is 2.66. The van der Waals surface area contributed by atoms with E-state index in [9.17, 15) is 0 Å². The summed E-state index contributed by atoms with van der Waals surface area (Å²) < 4.78 is 0. The second-order valence-electron chi connectivity index (χ2n) is 3.80. The van der Waals surface area contributed by atoms with Gasteiger partial charge in [-0.05, 0) is 43.3 Å². The molecule has 1 nitrogen and oxygen atoms in total. The predicted molar refractivity (Wildman–Crippen MR) is 63.6 cm³/mol. The van der Waals surface area contributed by atoms with Gasteiger partial charge in [0.2, 0.25) is 0 Å². The van der Waals surface area contributed by atoms with Gasteiger partial charge in [0.15, 0.2) is 0 Å². The van der Waals surface area contributed by atoms with Gasteiger partial charge in [-0.3, -0.25) is 0 Å². The Bertz CT molecular complexity index is 271. The maximum absolute atomic E-state index is 3.55. The summed E-state index contributed by atoms with van der Waals surface area (Å²) in [4.78, 5) is 1.36. The maximum atomic E-state index is 3.55. The lowest BCUT2D eigenvalue weighted by atomic mass is 10.0. The molecule has 76 valence electrons. The molecule has 2 heteroatoms. The summed E-state index contributed by atoms with van der Waals surface area (Å²) in [5.74, 6) is 0. The number of piperidine rings is 1. The van der Waals surface area contributed by atoms with Crippen LogP contribution in [0.15, 0.2) is 23.6 Å². The van der Waals surface area contributed by atoms with Gasteiger partial charge in [-0.1, -0.05) is 18.6 Å². The van der Waals surface area contributed by atoms with Gasteiger partial charge in [0.1, 0.15) is 0 Å². The van der Waals surface area contributed by atoms with E-state index in [1.54, 1.807) is 11.3 Å². The van der Waals surface area contributed by atoms with Gasteiger partial charge < -0.3 is 5.32 Å². The normalized spacial score (nSPS) is 23.0. The highest BCUT2D eigenvalue weighted by molar-refractivity contribution is 7.10. The van der Waals surface area contributed by atoms with E-state index in [4.69, 9.17) is 0 Å². The second kappa shape index (κ2) is 5.32. The summed E-state index contributed by atoms with van der Waals surface area (Å²) in [6.45, 7) is 1.21. The summed E-state index contributed by atoms with van der Waals surface area (Å²) in [5, 5.41) is 5.67. The summed E-state index contributed by atoms with van der Waals surface area (Å²) in [7, 11) is 0. The SMILES string of the molecule is C(=C\c1cccs1)/CC1CCCCN1. The van der Waals surface area contributed by atoms with E-state index >= 15 is 0 Å². The molecule has 1 aliphatic rings. The van der Waals surface area contributed by atoms with Crippen molar-refractivity contribution in [2.24, 2.45) is 0 Å². The Morgan fingerprint density at radius 2 is 2.50 bits per heavy atom. The van der Waals surface area contributed by atoms with Crippen LogP contribution in [0.5, 0.6) is 0 Å². The van der Waals surface area contributed by atoms with Crippen molar-refractivity contribution >= 4 is 17.4 Å². The monoisotopic (exact) mass is 207 g/mol. The van der Waals surface area contributed by atoms with Crippen molar-refractivity contribution in [2.75, 3.05) is 6.54 Å². The van der Waals surface area contributed by atoms with E-state index < -0.39 is 0 Å². The van der Waals surface area contributed by atoms with Crippen LogP contribution in [-0.4, -0.2) is 12.6 Å². The zero-order valence-corrected chi connectivity index (χ0v) is 9.22. The van der Waals surface area contributed by atoms with Gasteiger partial charge in [0, 0.05) is 10.9 Å². The van der Waals surface area contributed by atoms with Gasteiger partial charge in [-0.25, -0.2) is 0 Å². The Labute approximate surface area is 89.8 Å². The van der Waals surface area contributed by atoms with Crippen molar-refractivity contribution in [3.63, 3.8) is 0 Å². The van der Waals surface area contributed by atoms with Gasteiger partial charge in [-0.2, -0.15) is 0 Å². The lowest BCUT2D eigenvalue weighted by Crippen LogP contribution is -2.33. The van der Waals surface area contributed by atoms with Crippen molar-refractivity contribution in [3.05, 3.63) is 28.5 Å². The van der Waals surface area contributed by atoms with E-state index in [0.29, 0.717) is 0 Å². The third-order valence-corrected chi connectivity index (χ3v) is 3.50. The molecule has 1 aromatic heterocycles. The van der Waals surface area contributed by atoms with Crippen LogP contribution in [0.4, 0.5) is 0 Å². The molecule has 1 aromatic rings. The molecule has 1 aliphatic heterocycles. The van der Waals surface area contributed by atoms with E-state index in [1.807, 2.05) is 0 Å². The summed E-state index contributed by atoms with van der Waals surface area (Å²) in [6.07, 6.45) is 9.80. The molecule has 0 saturated carbocycles. The average molecular weight is 207 g/mol. The molecule has 2 heterocycles. The predicted octanol–water partition coefficient (Wildman–Crippen LogP) is 3.29. The van der Waals surface area contributed by atoms with E-state index in [0.717, 1.165) is 6.04 Å². The van der Waals surface area contributed by atoms with Crippen molar-refractivity contribution in [2.45, 2.75) is 31.7 Å². The molecule has 0 aromatic carbocycles. The quantitative estimate of drug-likeness (QED) is 0.802. The first-order valence-electron chi connectivity index (χ1n) is 5.38. The van der Waals surface area contributed by atoms with E-state index in [-0.39, 0.29) is 0 Å². The molecule has 1 fully saturated rings. The Morgan fingerprint density at radius 1 is 1.50 bits per heavy atom. The first-order chi connectivity index (χ1) is 6.95. The second-order valence-corrected chi connectivity index (χ2v) is 4.78. The highest BCUT2D eigenvalue weighted by Gasteiger charge is 2.09. The standard InChI is InChI=1S/C12H17NS/c1-2-9-13-11(5-1)6-3-7-12-8-4-10-14-12/h3-4,7-8,10-11,13H,1-2,5-6,9H2/b7-3+. The molecule has 1 N–H and O–H groups in total. The minimum atomic E-state index is 0.722. The Kier molecular flexibility index (Phi) is 3.78. The Morgan fingerprint density at radius 3 is 3.21 bits per heavy atom. The summed E-state index contributed by atoms with van der Waals surface area (Å²) in [6, 6.07) is 4.98. The first kappa shape index (κ1) is 9.94. The molecule has 14 heavy (non-hydrogen) atoms. The molecule has 1 unspecified atom stereocenters. The molecule has 2 rings (SSSR count). The number of thiophene rings is 1. The lowest BCUT2D eigenvalue weighted by Gasteiger charge is -2.21. The third kappa shape index (κ3) is 2.96. The molecule has 1 saturated heterocycles. The van der Waals surface area contributed by atoms with Crippen LogP contribution in [0.2, 0.25) is 0 Å². The smallest absolute Gasteiger partial charge is 0.0267 e. The average Bonchev–Trinajstić information content (AvgIpc) is 2.72. The Hall–Kier alpha value is -0.600. The fourth-order valence-electron chi connectivity index (χ4n) is 1.86. The minimum Gasteiger partial charge on any atom is -0.314 e. The van der Waals surface area contributed by atoms with Crippen LogP contribution in [-0.2, 0) is 0 Å². The van der Waals surface area contributed by atoms with Gasteiger partial charge in [0.05, 0.1) is 0 Å². The van der Waals surface area contributed by atoms with Gasteiger partial charge in [-0.15, -0.1) is 11.3 Å². The zero-order chi connectivity index (χ0) is 9.64. The summed E-state index contributed by atoms with van der Waals surface area (Å²) in [5.41, 5.74) is 0. The van der Waals surface area contributed by atoms with Gasteiger partial charge in [0.25, 0.3) is 0 Å². The molecule has 0 amide bonds. The molecule has 0 aliphatic carbocycles. The number of rotatable bonds is 3. The van der Waals surface area contributed by atoms with Crippen LogP contribution in [0.1, 0.15) is 30.6 Å². The van der Waals surface area contributed by atoms with Crippen LogP contribution >= 0.6 is 11.3 Å². The fourth-order valence-corrected chi connectivity index (χ4v) is 2.51. The number of hydrogen-bond acceptors (Lipinski definition) is 2. The van der Waals surface area contributed by atoms with Crippen molar-refractivity contribution in [3.8, 4) is 0 Å². The molecular weight excluding hydrogens is 190 g/mol. The minimum absolute atomic E-state index is 0.722. The van der Waals surface area contributed by atoms with Crippen molar-refractivity contribution in [1.29, 1.82) is 0 Å². The summed E-state index contributed by atoms with van der Waals surface area (Å²) >= 11 is 1.80. The zero-order valence-electron chi connectivity index (χ0n) is 8.41. The maximum Gasteiger partial charge on any atom is 0.0267 e. The molecule has 0 radical (unpaired) electrons. The first-order valence-corrected chi connectivity index (χ1v) is 6.26. The van der Waals surface area contributed by atoms with Crippen LogP contribution in [0, 0.1) is 0 Å². The molecule has 1 atom stereocenters. The lowest BCUT2D eigenvalue weighted by molar-refractivity contribution is 0.404. The topological polar surface area (TPSA) is 12.0 Å². The largest absolute Gasteiger partial charge is 0.314 e. The fraction of sp³-hybridized carbons (Fsp3) is 0.500. The molecule has 0 bridgehead atoms. The van der Waals surface area contributed by atoms with E-state index in [1.165, 1.54) is 37.1 Å². The van der Waals surface area contributed by atoms with Crippen LogP contribution in [0.25, 0.3) is 6.08 Å². The van der Waals surface area contributed by atoms with Crippen molar-refractivity contribution in [1.82, 2.24) is 5.32 Å². The number of hydrogen-bond donors (Lipinski definition) is 1. The van der Waals surface area contributed by atoms with E-state index in [2.05, 4.69) is 35.0 Å². The van der Waals surface area contributed by atoms with Gasteiger partial charge >= 0.3 is 0 Å². The number of nitrogens with one attached hydrogen (secondary N) is 1. The van der Waals surface area contributed by atoms with Crippen LogP contribution < -0.4 is 5.32 Å². The van der Waals surface area contributed by atoms with Crippen molar-refractivity contribution < 1.29 is 0 Å². The molecular formula is C12H17NS.